The fourth-order valence-corrected chi connectivity index (χ4v) is 8.13. The topological polar surface area (TPSA) is 42.4 Å². The molecule has 55 heavy (non-hydrogen) atoms. The van der Waals surface area contributed by atoms with Gasteiger partial charge in [0.05, 0.1) is 5.69 Å². The predicted octanol–water partition coefficient (Wildman–Crippen LogP) is 14.5. The average molecular weight is 705 g/mol. The van der Waals surface area contributed by atoms with Gasteiger partial charge in [0.2, 0.25) is 5.89 Å². The molecule has 0 aliphatic heterocycles. The summed E-state index contributed by atoms with van der Waals surface area (Å²) in [5.74, 6) is 0.582. The molecule has 0 radical (unpaired) electrons. The molecule has 0 aliphatic rings. The van der Waals surface area contributed by atoms with Crippen LogP contribution in [0.5, 0.6) is 0 Å². The largest absolute Gasteiger partial charge is 0.456 e. The molecular weight excluding hydrogens is 673 g/mol. The van der Waals surface area contributed by atoms with Gasteiger partial charge in [-0.05, 0) is 81.2 Å². The average Bonchev–Trinajstić information content (AvgIpc) is 3.85. The Kier molecular flexibility index (Phi) is 7.14. The number of benzene rings is 9. The second-order valence-electron chi connectivity index (χ2n) is 13.9. The highest BCUT2D eigenvalue weighted by atomic mass is 16.4. The number of hydrogen-bond acceptors (Lipinski definition) is 4. The highest BCUT2D eigenvalue weighted by Crippen LogP contribution is 2.46. The predicted molar refractivity (Wildman–Crippen MR) is 227 cm³/mol. The van der Waals surface area contributed by atoms with Crippen molar-refractivity contribution in [1.82, 2.24) is 4.98 Å². The molecule has 0 atom stereocenters. The number of nitrogens with zero attached hydrogens (tertiary/aromatic N) is 2. The number of furan rings is 1. The highest BCUT2D eigenvalue weighted by Gasteiger charge is 2.23. The summed E-state index contributed by atoms with van der Waals surface area (Å²) >= 11 is 0. The van der Waals surface area contributed by atoms with Gasteiger partial charge in [0.25, 0.3) is 0 Å². The smallest absolute Gasteiger partial charge is 0.227 e. The highest BCUT2D eigenvalue weighted by molar-refractivity contribution is 6.19. The van der Waals surface area contributed by atoms with Gasteiger partial charge in [-0.3, -0.25) is 0 Å². The maximum atomic E-state index is 6.44. The van der Waals surface area contributed by atoms with Crippen LogP contribution in [0.25, 0.3) is 88.3 Å². The molecule has 2 heterocycles. The van der Waals surface area contributed by atoms with E-state index in [1.807, 2.05) is 48.5 Å². The summed E-state index contributed by atoms with van der Waals surface area (Å²) in [5.41, 5.74) is 11.6. The van der Waals surface area contributed by atoms with Crippen LogP contribution in [0.15, 0.2) is 203 Å². The van der Waals surface area contributed by atoms with Crippen LogP contribution in [-0.4, -0.2) is 4.98 Å². The Morgan fingerprint density at radius 2 is 1.05 bits per heavy atom. The lowest BCUT2D eigenvalue weighted by Gasteiger charge is -2.28. The fraction of sp³-hybridized carbons (Fsp3) is 0. The van der Waals surface area contributed by atoms with Crippen molar-refractivity contribution in [3.63, 3.8) is 0 Å². The van der Waals surface area contributed by atoms with E-state index >= 15 is 0 Å². The number of para-hydroxylation sites is 2. The van der Waals surface area contributed by atoms with Gasteiger partial charge in [0.1, 0.15) is 16.7 Å². The zero-order valence-corrected chi connectivity index (χ0v) is 29.7. The Bertz CT molecular complexity index is 3200. The molecule has 4 nitrogen and oxygen atoms in total. The number of anilines is 3. The van der Waals surface area contributed by atoms with Gasteiger partial charge in [-0.1, -0.05) is 140 Å². The molecular formula is C51H32N2O2. The third kappa shape index (κ3) is 5.19. The van der Waals surface area contributed by atoms with Gasteiger partial charge in [-0.15, -0.1) is 0 Å². The minimum absolute atomic E-state index is 0.582. The maximum absolute atomic E-state index is 6.44. The Hall–Kier alpha value is -7.43. The quantitative estimate of drug-likeness (QED) is 0.162. The molecule has 9 aromatic carbocycles. The molecule has 0 saturated heterocycles. The van der Waals surface area contributed by atoms with E-state index in [4.69, 9.17) is 13.8 Å². The number of oxazole rings is 1. The standard InChI is InChI=1S/C51H32N2O2/c1-3-13-33(14-4-1)42-19-9-11-21-44(42)53(39-29-30-41-37(31-39)24-23-34-15-7-8-18-40(34)41)38-27-25-35(26-28-38)48-49-43-20-10-12-22-45(43)54-46(49)32-47-50(48)52-51(55-47)36-16-5-2-6-17-36/h1-32H. The van der Waals surface area contributed by atoms with Crippen LogP contribution in [-0.2, 0) is 0 Å². The van der Waals surface area contributed by atoms with E-state index in [1.165, 1.54) is 21.5 Å². The van der Waals surface area contributed by atoms with Gasteiger partial charge >= 0.3 is 0 Å². The second-order valence-corrected chi connectivity index (χ2v) is 13.9. The molecule has 11 aromatic rings. The molecule has 0 N–H and O–H groups in total. The number of hydrogen-bond donors (Lipinski definition) is 0. The monoisotopic (exact) mass is 704 g/mol. The van der Waals surface area contributed by atoms with Crippen molar-refractivity contribution >= 4 is 71.6 Å². The van der Waals surface area contributed by atoms with Crippen LogP contribution in [0, 0.1) is 0 Å². The number of fused-ring (bicyclic) bond motifs is 7. The summed E-state index contributed by atoms with van der Waals surface area (Å²) in [4.78, 5) is 7.49. The lowest BCUT2D eigenvalue weighted by atomic mass is 9.97. The number of aromatic nitrogens is 1. The fourth-order valence-electron chi connectivity index (χ4n) is 8.13. The third-order valence-corrected chi connectivity index (χ3v) is 10.7. The summed E-state index contributed by atoms with van der Waals surface area (Å²) in [6.07, 6.45) is 0. The van der Waals surface area contributed by atoms with Crippen molar-refractivity contribution in [3.8, 4) is 33.7 Å². The van der Waals surface area contributed by atoms with Crippen LogP contribution in [0.3, 0.4) is 0 Å². The molecule has 2 aromatic heterocycles. The SMILES string of the molecule is c1ccc(-c2nc3c(-c4ccc(N(c5ccc6c(ccc7ccccc76)c5)c5ccccc5-c5ccccc5)cc4)c4c(cc3o2)oc2ccccc24)cc1. The van der Waals surface area contributed by atoms with E-state index < -0.39 is 0 Å². The molecule has 0 spiro atoms. The Morgan fingerprint density at radius 1 is 0.400 bits per heavy atom. The normalized spacial score (nSPS) is 11.6. The van der Waals surface area contributed by atoms with E-state index in [0.29, 0.717) is 11.5 Å². The third-order valence-electron chi connectivity index (χ3n) is 10.7. The van der Waals surface area contributed by atoms with E-state index in [1.54, 1.807) is 0 Å². The number of rotatable bonds is 6. The molecule has 0 saturated carbocycles. The maximum Gasteiger partial charge on any atom is 0.227 e. The van der Waals surface area contributed by atoms with Crippen molar-refractivity contribution in [2.24, 2.45) is 0 Å². The van der Waals surface area contributed by atoms with Crippen LogP contribution in [0.4, 0.5) is 17.1 Å². The minimum atomic E-state index is 0.582. The zero-order chi connectivity index (χ0) is 36.3. The molecule has 0 fully saturated rings. The molecule has 4 heteroatoms. The Morgan fingerprint density at radius 3 is 1.89 bits per heavy atom. The first-order valence-electron chi connectivity index (χ1n) is 18.5. The summed E-state index contributed by atoms with van der Waals surface area (Å²) in [6, 6.07) is 68.2. The van der Waals surface area contributed by atoms with Crippen LogP contribution in [0.2, 0.25) is 0 Å². The first kappa shape index (κ1) is 31.1. The van der Waals surface area contributed by atoms with E-state index in [2.05, 4.69) is 150 Å². The summed E-state index contributed by atoms with van der Waals surface area (Å²) in [5, 5.41) is 6.99. The molecule has 11 rings (SSSR count). The lowest BCUT2D eigenvalue weighted by Crippen LogP contribution is -2.11. The summed E-state index contributed by atoms with van der Waals surface area (Å²) in [6.45, 7) is 0. The van der Waals surface area contributed by atoms with Crippen molar-refractivity contribution < 1.29 is 8.83 Å². The van der Waals surface area contributed by atoms with E-state index in [-0.39, 0.29) is 0 Å². The molecule has 0 unspecified atom stereocenters. The van der Waals surface area contributed by atoms with Gasteiger partial charge < -0.3 is 13.7 Å². The van der Waals surface area contributed by atoms with Crippen molar-refractivity contribution in [2.45, 2.75) is 0 Å². The Labute approximate surface area is 317 Å². The molecule has 0 aliphatic carbocycles. The van der Waals surface area contributed by atoms with E-state index in [0.717, 1.165) is 72.3 Å². The summed E-state index contributed by atoms with van der Waals surface area (Å²) < 4.78 is 12.9. The zero-order valence-electron chi connectivity index (χ0n) is 29.7. The van der Waals surface area contributed by atoms with Gasteiger partial charge in [-0.2, -0.15) is 0 Å². The first-order chi connectivity index (χ1) is 27.3. The Balaban J connectivity index is 1.12. The van der Waals surface area contributed by atoms with Gasteiger partial charge in [0.15, 0.2) is 5.58 Å². The van der Waals surface area contributed by atoms with Gasteiger partial charge in [0, 0.05) is 44.9 Å². The molecule has 0 bridgehead atoms. The first-order valence-corrected chi connectivity index (χ1v) is 18.5. The molecule has 258 valence electrons. The van der Waals surface area contributed by atoms with Crippen LogP contribution < -0.4 is 4.90 Å². The summed E-state index contributed by atoms with van der Waals surface area (Å²) in [7, 11) is 0. The second kappa shape index (κ2) is 12.6. The van der Waals surface area contributed by atoms with Crippen LogP contribution >= 0.6 is 0 Å². The van der Waals surface area contributed by atoms with Crippen molar-refractivity contribution in [1.29, 1.82) is 0 Å². The minimum Gasteiger partial charge on any atom is -0.456 e. The van der Waals surface area contributed by atoms with Crippen LogP contribution in [0.1, 0.15) is 0 Å². The van der Waals surface area contributed by atoms with Crippen molar-refractivity contribution in [2.75, 3.05) is 4.90 Å². The van der Waals surface area contributed by atoms with Crippen molar-refractivity contribution in [3.05, 3.63) is 194 Å². The molecule has 0 amide bonds. The van der Waals surface area contributed by atoms with E-state index in [9.17, 15) is 0 Å². The lowest BCUT2D eigenvalue weighted by molar-refractivity contribution is 0.617. The van der Waals surface area contributed by atoms with Gasteiger partial charge in [-0.25, -0.2) is 4.98 Å².